The summed E-state index contributed by atoms with van der Waals surface area (Å²) in [6.45, 7) is 5.26. The zero-order valence-corrected chi connectivity index (χ0v) is 19.8. The van der Waals surface area contributed by atoms with E-state index in [0.29, 0.717) is 23.6 Å². The molecular weight excluding hydrogens is 440 g/mol. The number of nitrogens with one attached hydrogen (secondary N) is 2. The number of nitrogens with zero attached hydrogens (tertiary/aromatic N) is 6. The molecule has 1 amide bonds. The van der Waals surface area contributed by atoms with Crippen molar-refractivity contribution >= 4 is 29.2 Å². The van der Waals surface area contributed by atoms with E-state index in [1.165, 1.54) is 24.4 Å². The van der Waals surface area contributed by atoms with E-state index in [1.54, 1.807) is 0 Å². The van der Waals surface area contributed by atoms with Crippen LogP contribution in [-0.4, -0.2) is 43.7 Å². The molecule has 2 N–H and O–H groups in total. The van der Waals surface area contributed by atoms with Crippen molar-refractivity contribution in [2.45, 2.75) is 32.7 Å². The molecule has 0 spiro atoms. The van der Waals surface area contributed by atoms with Gasteiger partial charge in [-0.25, -0.2) is 9.97 Å². The Bertz CT molecular complexity index is 1310. The molecule has 9 heteroatoms. The molecule has 1 saturated heterocycles. The van der Waals surface area contributed by atoms with E-state index in [9.17, 15) is 4.79 Å². The van der Waals surface area contributed by atoms with Crippen molar-refractivity contribution in [2.75, 3.05) is 28.6 Å². The summed E-state index contributed by atoms with van der Waals surface area (Å²) in [5, 5.41) is 10.6. The van der Waals surface area contributed by atoms with Gasteiger partial charge in [0, 0.05) is 43.1 Å². The van der Waals surface area contributed by atoms with Crippen molar-refractivity contribution in [3.63, 3.8) is 0 Å². The number of carbonyl (C=O) groups is 1. The number of aromatic nitrogens is 5. The molecule has 35 heavy (non-hydrogen) atoms. The van der Waals surface area contributed by atoms with Crippen LogP contribution in [0.5, 0.6) is 0 Å². The number of amides is 1. The van der Waals surface area contributed by atoms with Crippen LogP contribution in [0, 0.1) is 6.92 Å². The predicted molar refractivity (Wildman–Crippen MR) is 137 cm³/mol. The van der Waals surface area contributed by atoms with E-state index < -0.39 is 0 Å². The van der Waals surface area contributed by atoms with E-state index in [1.807, 2.05) is 30.5 Å². The van der Waals surface area contributed by atoms with Crippen LogP contribution in [0.25, 0.3) is 11.1 Å². The number of carbonyl (C=O) groups excluding carboxylic acids is 1. The highest BCUT2D eigenvalue weighted by molar-refractivity contribution is 5.89. The van der Waals surface area contributed by atoms with Gasteiger partial charge in [-0.2, -0.15) is 10.1 Å². The number of benzene rings is 2. The first-order valence-electron chi connectivity index (χ1n) is 11.7. The molecule has 0 aliphatic carbocycles. The number of anilines is 4. The highest BCUT2D eigenvalue weighted by Crippen LogP contribution is 2.27. The first-order valence-corrected chi connectivity index (χ1v) is 11.7. The minimum absolute atomic E-state index is 0.116. The minimum Gasteiger partial charge on any atom is -0.341 e. The van der Waals surface area contributed by atoms with E-state index in [-0.39, 0.29) is 5.91 Å². The van der Waals surface area contributed by atoms with Gasteiger partial charge in [-0.3, -0.25) is 9.48 Å². The Labute approximate surface area is 204 Å². The second-order valence-corrected chi connectivity index (χ2v) is 8.79. The molecule has 5 rings (SSSR count). The van der Waals surface area contributed by atoms with E-state index in [2.05, 4.69) is 77.7 Å². The second kappa shape index (κ2) is 9.92. The van der Waals surface area contributed by atoms with Crippen LogP contribution in [0.1, 0.15) is 31.4 Å². The first-order chi connectivity index (χ1) is 17.0. The van der Waals surface area contributed by atoms with Crippen molar-refractivity contribution < 1.29 is 4.79 Å². The summed E-state index contributed by atoms with van der Waals surface area (Å²) >= 11 is 0. The molecule has 0 radical (unpaired) electrons. The number of piperidine rings is 1. The summed E-state index contributed by atoms with van der Waals surface area (Å²) in [6.07, 6.45) is 7.53. The average molecular weight is 469 g/mol. The molecule has 0 saturated carbocycles. The SMILES string of the molecule is CC(=O)Nc1cccc(Nc2ncnc(N3CCC(n4cc(-c5ccc(C)cc5)cn4)CC3)n2)c1. The smallest absolute Gasteiger partial charge is 0.231 e. The minimum atomic E-state index is -0.116. The van der Waals surface area contributed by atoms with Crippen LogP contribution >= 0.6 is 0 Å². The Morgan fingerprint density at radius 1 is 1.00 bits per heavy atom. The summed E-state index contributed by atoms with van der Waals surface area (Å²) in [5.41, 5.74) is 5.08. The van der Waals surface area contributed by atoms with E-state index >= 15 is 0 Å². The van der Waals surface area contributed by atoms with Gasteiger partial charge in [-0.05, 0) is 43.5 Å². The molecule has 0 atom stereocenters. The van der Waals surface area contributed by atoms with Crippen LogP contribution in [0.3, 0.4) is 0 Å². The van der Waals surface area contributed by atoms with Gasteiger partial charge in [0.15, 0.2) is 0 Å². The molecule has 3 heterocycles. The van der Waals surface area contributed by atoms with Crippen LogP contribution in [-0.2, 0) is 4.79 Å². The zero-order valence-electron chi connectivity index (χ0n) is 19.8. The van der Waals surface area contributed by atoms with Crippen molar-refractivity contribution in [1.29, 1.82) is 0 Å². The lowest BCUT2D eigenvalue weighted by Crippen LogP contribution is -2.36. The van der Waals surface area contributed by atoms with Crippen molar-refractivity contribution in [1.82, 2.24) is 24.7 Å². The molecule has 4 aromatic rings. The fraction of sp³-hybridized carbons (Fsp3) is 0.269. The standard InChI is InChI=1S/C26H28N8O/c1-18-6-8-20(9-7-18)21-15-29-34(16-21)24-10-12-33(13-11-24)26-28-17-27-25(32-26)31-23-5-3-4-22(14-23)30-19(2)35/h3-9,14-17,24H,10-13H2,1-2H3,(H,30,35)(H,27,28,31,32). The average Bonchev–Trinajstić information content (AvgIpc) is 3.35. The molecular formula is C26H28N8O. The Morgan fingerprint density at radius 2 is 1.77 bits per heavy atom. The van der Waals surface area contributed by atoms with Crippen molar-refractivity contribution in [3.05, 3.63) is 72.8 Å². The van der Waals surface area contributed by atoms with Gasteiger partial charge < -0.3 is 15.5 Å². The van der Waals surface area contributed by atoms with Gasteiger partial charge >= 0.3 is 0 Å². The highest BCUT2D eigenvalue weighted by atomic mass is 16.1. The number of rotatable bonds is 6. The van der Waals surface area contributed by atoms with Gasteiger partial charge in [0.25, 0.3) is 0 Å². The molecule has 2 aromatic heterocycles. The van der Waals surface area contributed by atoms with Gasteiger partial charge in [-0.15, -0.1) is 0 Å². The maximum Gasteiger partial charge on any atom is 0.231 e. The summed E-state index contributed by atoms with van der Waals surface area (Å²) in [5.74, 6) is 1.00. The number of hydrogen-bond acceptors (Lipinski definition) is 7. The van der Waals surface area contributed by atoms with Crippen LogP contribution in [0.15, 0.2) is 67.3 Å². The van der Waals surface area contributed by atoms with Gasteiger partial charge in [-0.1, -0.05) is 35.9 Å². The van der Waals surface area contributed by atoms with Gasteiger partial charge in [0.2, 0.25) is 17.8 Å². The predicted octanol–water partition coefficient (Wildman–Crippen LogP) is 4.59. The Morgan fingerprint density at radius 3 is 2.54 bits per heavy atom. The quantitative estimate of drug-likeness (QED) is 0.427. The summed E-state index contributed by atoms with van der Waals surface area (Å²) in [6, 6.07) is 16.3. The molecule has 2 aromatic carbocycles. The normalized spacial score (nSPS) is 14.1. The lowest BCUT2D eigenvalue weighted by Gasteiger charge is -2.32. The monoisotopic (exact) mass is 468 g/mol. The maximum absolute atomic E-state index is 11.3. The molecule has 9 nitrogen and oxygen atoms in total. The summed E-state index contributed by atoms with van der Waals surface area (Å²) in [4.78, 5) is 26.8. The lowest BCUT2D eigenvalue weighted by molar-refractivity contribution is -0.114. The Balaban J connectivity index is 1.21. The van der Waals surface area contributed by atoms with E-state index in [4.69, 9.17) is 0 Å². The maximum atomic E-state index is 11.3. The summed E-state index contributed by atoms with van der Waals surface area (Å²) < 4.78 is 2.09. The number of aryl methyl sites for hydroxylation is 1. The van der Waals surface area contributed by atoms with Crippen LogP contribution in [0.2, 0.25) is 0 Å². The van der Waals surface area contributed by atoms with Gasteiger partial charge in [0.1, 0.15) is 6.33 Å². The molecule has 1 aliphatic rings. The van der Waals surface area contributed by atoms with Crippen LogP contribution < -0.4 is 15.5 Å². The van der Waals surface area contributed by atoms with Gasteiger partial charge in [0.05, 0.1) is 12.2 Å². The Kier molecular flexibility index (Phi) is 6.38. The van der Waals surface area contributed by atoms with Crippen molar-refractivity contribution in [3.8, 4) is 11.1 Å². The lowest BCUT2D eigenvalue weighted by atomic mass is 10.1. The van der Waals surface area contributed by atoms with E-state index in [0.717, 1.165) is 37.2 Å². The van der Waals surface area contributed by atoms with Crippen molar-refractivity contribution in [2.24, 2.45) is 0 Å². The molecule has 0 bridgehead atoms. The second-order valence-electron chi connectivity index (χ2n) is 8.79. The molecule has 178 valence electrons. The van der Waals surface area contributed by atoms with Crippen LogP contribution in [0.4, 0.5) is 23.3 Å². The largest absolute Gasteiger partial charge is 0.341 e. The number of hydrogen-bond donors (Lipinski definition) is 2. The summed E-state index contributed by atoms with van der Waals surface area (Å²) in [7, 11) is 0. The Hall–Kier alpha value is -4.27. The zero-order chi connectivity index (χ0) is 24.2. The fourth-order valence-electron chi connectivity index (χ4n) is 4.27. The highest BCUT2D eigenvalue weighted by Gasteiger charge is 2.23. The first kappa shape index (κ1) is 22.5. The molecule has 0 unspecified atom stereocenters. The topological polar surface area (TPSA) is 101 Å². The third kappa shape index (κ3) is 5.46. The third-order valence-electron chi connectivity index (χ3n) is 6.11. The molecule has 1 fully saturated rings. The fourth-order valence-corrected chi connectivity index (χ4v) is 4.27. The molecule has 1 aliphatic heterocycles. The third-order valence-corrected chi connectivity index (χ3v) is 6.11.